The molecule has 1 atom stereocenters. The summed E-state index contributed by atoms with van der Waals surface area (Å²) in [6.45, 7) is 12.7. The van der Waals surface area contributed by atoms with E-state index in [4.69, 9.17) is 4.74 Å². The third-order valence-electron chi connectivity index (χ3n) is 4.00. The molecule has 0 radical (unpaired) electrons. The summed E-state index contributed by atoms with van der Waals surface area (Å²) in [6.07, 6.45) is 1.00. The fourth-order valence-electron chi connectivity index (χ4n) is 2.92. The van der Waals surface area contributed by atoms with Gasteiger partial charge in [0.15, 0.2) is 0 Å². The zero-order valence-electron chi connectivity index (χ0n) is 15.2. The third-order valence-corrected chi connectivity index (χ3v) is 4.00. The summed E-state index contributed by atoms with van der Waals surface area (Å²) < 4.78 is 34.7. The van der Waals surface area contributed by atoms with Crippen LogP contribution in [0.3, 0.4) is 0 Å². The number of benzene rings is 1. The molecule has 0 saturated heterocycles. The second-order valence-electron chi connectivity index (χ2n) is 8.06. The average Bonchev–Trinajstić information content (AvgIpc) is 2.34. The highest BCUT2D eigenvalue weighted by Crippen LogP contribution is 2.41. The van der Waals surface area contributed by atoms with E-state index in [1.165, 1.54) is 12.1 Å². The minimum absolute atomic E-state index is 0.00804. The topological polar surface area (TPSA) is 33.0 Å². The van der Waals surface area contributed by atoms with E-state index in [1.807, 2.05) is 34.6 Å². The van der Waals surface area contributed by atoms with E-state index in [2.05, 4.69) is 6.07 Å². The highest BCUT2D eigenvalue weighted by molar-refractivity contribution is 5.35. The number of nitriles is 1. The van der Waals surface area contributed by atoms with Gasteiger partial charge in [0.2, 0.25) is 0 Å². The molecule has 128 valence electrons. The van der Waals surface area contributed by atoms with Gasteiger partial charge < -0.3 is 4.74 Å². The molecule has 0 heterocycles. The Bertz CT molecular complexity index is 588. The lowest BCUT2D eigenvalue weighted by molar-refractivity contribution is 0.129. The van der Waals surface area contributed by atoms with Crippen LogP contribution in [-0.2, 0) is 5.41 Å². The van der Waals surface area contributed by atoms with Crippen LogP contribution in [0.25, 0.3) is 0 Å². The van der Waals surface area contributed by atoms with Crippen LogP contribution < -0.4 is 4.74 Å². The Morgan fingerprint density at radius 3 is 1.87 bits per heavy atom. The van der Waals surface area contributed by atoms with Crippen LogP contribution in [0.5, 0.6) is 5.75 Å². The van der Waals surface area contributed by atoms with Gasteiger partial charge in [-0.2, -0.15) is 5.26 Å². The highest BCUT2D eigenvalue weighted by atomic mass is 19.1. The predicted octanol–water partition coefficient (Wildman–Crippen LogP) is 5.75. The van der Waals surface area contributed by atoms with E-state index < -0.39 is 28.1 Å². The van der Waals surface area contributed by atoms with E-state index in [0.717, 1.165) is 0 Å². The monoisotopic (exact) mass is 323 g/mol. The molecule has 2 nitrogen and oxygen atoms in total. The van der Waals surface area contributed by atoms with E-state index >= 15 is 0 Å². The number of nitrogens with zero attached hydrogens (tertiary/aromatic N) is 1. The van der Waals surface area contributed by atoms with Crippen molar-refractivity contribution in [3.63, 3.8) is 0 Å². The van der Waals surface area contributed by atoms with Crippen molar-refractivity contribution < 1.29 is 13.5 Å². The van der Waals surface area contributed by atoms with E-state index in [-0.39, 0.29) is 11.3 Å². The lowest BCUT2D eigenvalue weighted by Crippen LogP contribution is -2.30. The minimum atomic E-state index is -0.797. The molecule has 0 bridgehead atoms. The SMILES string of the molecule is CCC(C)(C#N)CC(C)(C)c1c(F)cc(OC(C)(C)C)cc1F. The number of rotatable bonds is 5. The normalized spacial score (nSPS) is 15.0. The van der Waals surface area contributed by atoms with Gasteiger partial charge in [-0.3, -0.25) is 0 Å². The summed E-state index contributed by atoms with van der Waals surface area (Å²) >= 11 is 0. The molecule has 1 rings (SSSR count). The Morgan fingerprint density at radius 2 is 1.52 bits per heavy atom. The predicted molar refractivity (Wildman–Crippen MR) is 88.4 cm³/mol. The van der Waals surface area contributed by atoms with Crippen molar-refractivity contribution >= 4 is 0 Å². The van der Waals surface area contributed by atoms with Gasteiger partial charge in [0.1, 0.15) is 23.0 Å². The molecule has 0 aliphatic heterocycles. The second-order valence-corrected chi connectivity index (χ2v) is 8.06. The molecule has 1 unspecified atom stereocenters. The molecule has 0 spiro atoms. The Kier molecular flexibility index (Phi) is 5.46. The van der Waals surface area contributed by atoms with Gasteiger partial charge in [-0.1, -0.05) is 20.8 Å². The van der Waals surface area contributed by atoms with Crippen molar-refractivity contribution in [1.82, 2.24) is 0 Å². The molecule has 4 heteroatoms. The second kappa shape index (κ2) is 6.47. The molecule has 0 fully saturated rings. The van der Waals surface area contributed by atoms with Crippen LogP contribution in [0.1, 0.15) is 66.9 Å². The van der Waals surface area contributed by atoms with Crippen molar-refractivity contribution in [1.29, 1.82) is 5.26 Å². The molecule has 0 amide bonds. The lowest BCUT2D eigenvalue weighted by atomic mass is 9.70. The summed E-state index contributed by atoms with van der Waals surface area (Å²) in [5.41, 5.74) is -1.94. The summed E-state index contributed by atoms with van der Waals surface area (Å²) in [5, 5.41) is 9.35. The van der Waals surface area contributed by atoms with Crippen molar-refractivity contribution in [2.24, 2.45) is 5.41 Å². The Morgan fingerprint density at radius 1 is 1.04 bits per heavy atom. The van der Waals surface area contributed by atoms with Crippen molar-refractivity contribution in [3.05, 3.63) is 29.3 Å². The van der Waals surface area contributed by atoms with Crippen LogP contribution in [-0.4, -0.2) is 5.60 Å². The van der Waals surface area contributed by atoms with E-state index in [1.54, 1.807) is 13.8 Å². The molecule has 23 heavy (non-hydrogen) atoms. The molecule has 0 aliphatic carbocycles. The number of halogens is 2. The van der Waals surface area contributed by atoms with Crippen molar-refractivity contribution in [2.45, 2.75) is 72.3 Å². The maximum Gasteiger partial charge on any atom is 0.133 e. The van der Waals surface area contributed by atoms with Crippen LogP contribution in [0, 0.1) is 28.4 Å². The Balaban J connectivity index is 3.25. The van der Waals surface area contributed by atoms with Crippen LogP contribution in [0.15, 0.2) is 12.1 Å². The average molecular weight is 323 g/mol. The van der Waals surface area contributed by atoms with Crippen LogP contribution in [0.4, 0.5) is 8.78 Å². The van der Waals surface area contributed by atoms with E-state index in [0.29, 0.717) is 12.8 Å². The maximum atomic E-state index is 14.6. The molecule has 0 N–H and O–H groups in total. The Hall–Kier alpha value is -1.63. The summed E-state index contributed by atoms with van der Waals surface area (Å²) in [7, 11) is 0. The summed E-state index contributed by atoms with van der Waals surface area (Å²) in [4.78, 5) is 0. The van der Waals surface area contributed by atoms with Gasteiger partial charge in [0.25, 0.3) is 0 Å². The standard InChI is InChI=1S/C19H27F2NO/c1-8-19(7,12-22)11-18(5,6)16-14(20)9-13(10-15(16)21)23-17(2,3)4/h9-10H,8,11H2,1-7H3. The van der Waals surface area contributed by atoms with Crippen LogP contribution >= 0.6 is 0 Å². The zero-order valence-corrected chi connectivity index (χ0v) is 15.2. The molecular formula is C19H27F2NO. The van der Waals surface area contributed by atoms with Crippen LogP contribution in [0.2, 0.25) is 0 Å². The maximum absolute atomic E-state index is 14.6. The summed E-state index contributed by atoms with van der Waals surface area (Å²) in [5.74, 6) is -1.10. The summed E-state index contributed by atoms with van der Waals surface area (Å²) in [6, 6.07) is 4.71. The first-order valence-corrected chi connectivity index (χ1v) is 7.93. The highest BCUT2D eigenvalue weighted by Gasteiger charge is 2.36. The number of hydrogen-bond acceptors (Lipinski definition) is 2. The van der Waals surface area contributed by atoms with Gasteiger partial charge in [0.05, 0.1) is 11.5 Å². The largest absolute Gasteiger partial charge is 0.488 e. The number of hydrogen-bond donors (Lipinski definition) is 0. The van der Waals surface area contributed by atoms with Gasteiger partial charge in [-0.25, -0.2) is 8.78 Å². The molecular weight excluding hydrogens is 296 g/mol. The van der Waals surface area contributed by atoms with E-state index in [9.17, 15) is 14.0 Å². The lowest BCUT2D eigenvalue weighted by Gasteiger charge is -2.33. The fourth-order valence-corrected chi connectivity index (χ4v) is 2.92. The van der Waals surface area contributed by atoms with Gasteiger partial charge >= 0.3 is 0 Å². The van der Waals surface area contributed by atoms with Gasteiger partial charge in [-0.15, -0.1) is 0 Å². The zero-order chi connectivity index (χ0) is 18.1. The molecule has 1 aromatic carbocycles. The minimum Gasteiger partial charge on any atom is -0.488 e. The number of ether oxygens (including phenoxy) is 1. The van der Waals surface area contributed by atoms with Crippen molar-refractivity contribution in [3.8, 4) is 11.8 Å². The Labute approximate surface area is 138 Å². The fraction of sp³-hybridized carbons (Fsp3) is 0.632. The van der Waals surface area contributed by atoms with Gasteiger partial charge in [0, 0.05) is 17.7 Å². The third kappa shape index (κ3) is 4.92. The first kappa shape index (κ1) is 19.4. The van der Waals surface area contributed by atoms with Gasteiger partial charge in [-0.05, 0) is 46.0 Å². The van der Waals surface area contributed by atoms with Crippen molar-refractivity contribution in [2.75, 3.05) is 0 Å². The molecule has 0 aliphatic rings. The first-order valence-electron chi connectivity index (χ1n) is 7.93. The molecule has 0 aromatic heterocycles. The smallest absolute Gasteiger partial charge is 0.133 e. The molecule has 0 saturated carbocycles. The quantitative estimate of drug-likeness (QED) is 0.691. The first-order chi connectivity index (χ1) is 10.3. The molecule has 1 aromatic rings.